The molecule has 0 radical (unpaired) electrons. The van der Waals surface area contributed by atoms with Gasteiger partial charge in [-0.1, -0.05) is 11.6 Å². The summed E-state index contributed by atoms with van der Waals surface area (Å²) in [5, 5.41) is 7.12. The molecule has 1 amide bonds. The van der Waals surface area contributed by atoms with E-state index in [1.807, 2.05) is 13.0 Å². The van der Waals surface area contributed by atoms with E-state index in [1.54, 1.807) is 0 Å². The number of piperidine rings is 1. The van der Waals surface area contributed by atoms with Crippen LogP contribution in [0.4, 0.5) is 0 Å². The molecule has 1 aromatic heterocycles. The predicted octanol–water partition coefficient (Wildman–Crippen LogP) is 1.86. The number of carbonyl (C=O) groups is 1. The van der Waals surface area contributed by atoms with Crippen LogP contribution in [0.2, 0.25) is 0 Å². The summed E-state index contributed by atoms with van der Waals surface area (Å²) in [6, 6.07) is 2.35. The fourth-order valence-corrected chi connectivity index (χ4v) is 2.94. The van der Waals surface area contributed by atoms with Crippen molar-refractivity contribution in [1.29, 1.82) is 0 Å². The average molecular weight is 277 g/mol. The molecule has 0 spiro atoms. The number of rotatable bonds is 4. The largest absolute Gasteiger partial charge is 0.360 e. The molecule has 0 unspecified atom stereocenters. The quantitative estimate of drug-likeness (QED) is 0.912. The van der Waals surface area contributed by atoms with E-state index in [0.717, 1.165) is 56.8 Å². The number of amides is 1. The normalized spacial score (nSPS) is 21.6. The first-order chi connectivity index (χ1) is 9.70. The Morgan fingerprint density at radius 3 is 2.70 bits per heavy atom. The topological polar surface area (TPSA) is 58.4 Å². The highest BCUT2D eigenvalue weighted by molar-refractivity contribution is 5.79. The number of hydrogen-bond acceptors (Lipinski definition) is 4. The first-order valence-corrected chi connectivity index (χ1v) is 7.65. The lowest BCUT2D eigenvalue weighted by Crippen LogP contribution is -2.47. The standard InChI is InChI=1S/C15H23N3O2/c1-11-9-14(20-17-11)10-18-7-5-13(6-8-18)16-15(19)12-3-2-4-12/h9,12-13H,2-8,10H2,1H3,(H,16,19). The molecule has 1 saturated carbocycles. The third-order valence-corrected chi connectivity index (χ3v) is 4.47. The van der Waals surface area contributed by atoms with Crippen LogP contribution in [-0.4, -0.2) is 35.1 Å². The van der Waals surface area contributed by atoms with Crippen molar-refractivity contribution < 1.29 is 9.32 Å². The van der Waals surface area contributed by atoms with Crippen LogP contribution in [-0.2, 0) is 11.3 Å². The molecular weight excluding hydrogens is 254 g/mol. The summed E-state index contributed by atoms with van der Waals surface area (Å²) in [6.07, 6.45) is 5.44. The lowest BCUT2D eigenvalue weighted by Gasteiger charge is -2.33. The highest BCUT2D eigenvalue weighted by atomic mass is 16.5. The van der Waals surface area contributed by atoms with Gasteiger partial charge in [-0.2, -0.15) is 0 Å². The molecule has 1 aliphatic carbocycles. The Kier molecular flexibility index (Phi) is 4.05. The zero-order chi connectivity index (χ0) is 13.9. The molecule has 5 heteroatoms. The van der Waals surface area contributed by atoms with E-state index < -0.39 is 0 Å². The number of nitrogens with zero attached hydrogens (tertiary/aromatic N) is 2. The van der Waals surface area contributed by atoms with E-state index in [1.165, 1.54) is 6.42 Å². The second-order valence-electron chi connectivity index (χ2n) is 6.12. The van der Waals surface area contributed by atoms with Crippen molar-refractivity contribution in [2.24, 2.45) is 5.92 Å². The zero-order valence-corrected chi connectivity index (χ0v) is 12.1. The lowest BCUT2D eigenvalue weighted by molar-refractivity contribution is -0.128. The zero-order valence-electron chi connectivity index (χ0n) is 12.1. The summed E-state index contributed by atoms with van der Waals surface area (Å²) in [5.41, 5.74) is 0.933. The van der Waals surface area contributed by atoms with Gasteiger partial charge >= 0.3 is 0 Å². The van der Waals surface area contributed by atoms with Gasteiger partial charge in [-0.05, 0) is 32.6 Å². The van der Waals surface area contributed by atoms with E-state index >= 15 is 0 Å². The molecule has 20 heavy (non-hydrogen) atoms. The fraction of sp³-hybridized carbons (Fsp3) is 0.733. The fourth-order valence-electron chi connectivity index (χ4n) is 2.94. The first-order valence-electron chi connectivity index (χ1n) is 7.65. The van der Waals surface area contributed by atoms with Crippen molar-refractivity contribution in [3.05, 3.63) is 17.5 Å². The average Bonchev–Trinajstić information content (AvgIpc) is 2.75. The van der Waals surface area contributed by atoms with Gasteiger partial charge in [-0.15, -0.1) is 0 Å². The smallest absolute Gasteiger partial charge is 0.223 e. The van der Waals surface area contributed by atoms with E-state index in [2.05, 4.69) is 15.4 Å². The van der Waals surface area contributed by atoms with Gasteiger partial charge in [0.2, 0.25) is 5.91 Å². The lowest BCUT2D eigenvalue weighted by atomic mass is 9.84. The maximum Gasteiger partial charge on any atom is 0.223 e. The first kappa shape index (κ1) is 13.6. The molecule has 1 N–H and O–H groups in total. The maximum absolute atomic E-state index is 11.9. The molecule has 1 aromatic rings. The van der Waals surface area contributed by atoms with Crippen molar-refractivity contribution in [1.82, 2.24) is 15.4 Å². The molecular formula is C15H23N3O2. The van der Waals surface area contributed by atoms with Gasteiger partial charge in [-0.3, -0.25) is 9.69 Å². The molecule has 2 aliphatic rings. The van der Waals surface area contributed by atoms with Gasteiger partial charge < -0.3 is 9.84 Å². The SMILES string of the molecule is Cc1cc(CN2CCC(NC(=O)C3CCC3)CC2)on1. The van der Waals surface area contributed by atoms with Gasteiger partial charge in [0.1, 0.15) is 0 Å². The van der Waals surface area contributed by atoms with Gasteiger partial charge in [0.05, 0.1) is 12.2 Å². The minimum Gasteiger partial charge on any atom is -0.360 e. The van der Waals surface area contributed by atoms with Crippen LogP contribution in [0.25, 0.3) is 0 Å². The number of likely N-dealkylation sites (tertiary alicyclic amines) is 1. The van der Waals surface area contributed by atoms with E-state index in [9.17, 15) is 4.79 Å². The van der Waals surface area contributed by atoms with E-state index in [0.29, 0.717) is 12.0 Å². The minimum absolute atomic E-state index is 0.278. The Morgan fingerprint density at radius 1 is 1.40 bits per heavy atom. The van der Waals surface area contributed by atoms with E-state index in [4.69, 9.17) is 4.52 Å². The minimum atomic E-state index is 0.278. The highest BCUT2D eigenvalue weighted by Gasteiger charge is 2.28. The molecule has 3 rings (SSSR count). The van der Waals surface area contributed by atoms with Crippen molar-refractivity contribution in [2.45, 2.75) is 51.6 Å². The number of hydrogen-bond donors (Lipinski definition) is 1. The summed E-state index contributed by atoms with van der Waals surface area (Å²) in [7, 11) is 0. The third-order valence-electron chi connectivity index (χ3n) is 4.47. The summed E-state index contributed by atoms with van der Waals surface area (Å²) in [6.45, 7) is 4.78. The molecule has 1 saturated heterocycles. The number of aryl methyl sites for hydroxylation is 1. The van der Waals surface area contributed by atoms with Gasteiger partial charge in [0.15, 0.2) is 5.76 Å². The maximum atomic E-state index is 11.9. The number of nitrogens with one attached hydrogen (secondary N) is 1. The van der Waals surface area contributed by atoms with Gasteiger partial charge in [0, 0.05) is 31.1 Å². The molecule has 1 aliphatic heterocycles. The summed E-state index contributed by atoms with van der Waals surface area (Å²) in [4.78, 5) is 14.3. The Morgan fingerprint density at radius 2 is 2.15 bits per heavy atom. The van der Waals surface area contributed by atoms with Crippen LogP contribution in [0.15, 0.2) is 10.6 Å². The summed E-state index contributed by atoms with van der Waals surface area (Å²) < 4.78 is 5.25. The van der Waals surface area contributed by atoms with Crippen LogP contribution >= 0.6 is 0 Å². The Labute approximate surface area is 119 Å². The molecule has 2 fully saturated rings. The Hall–Kier alpha value is -1.36. The third kappa shape index (κ3) is 3.20. The molecule has 2 heterocycles. The molecule has 110 valence electrons. The predicted molar refractivity (Wildman–Crippen MR) is 75.0 cm³/mol. The van der Waals surface area contributed by atoms with Crippen molar-refractivity contribution in [3.8, 4) is 0 Å². The van der Waals surface area contributed by atoms with Crippen LogP contribution in [0.5, 0.6) is 0 Å². The Bertz CT molecular complexity index is 459. The molecule has 0 bridgehead atoms. The van der Waals surface area contributed by atoms with Crippen LogP contribution in [0.1, 0.15) is 43.6 Å². The van der Waals surface area contributed by atoms with Gasteiger partial charge in [0.25, 0.3) is 0 Å². The molecule has 5 nitrogen and oxygen atoms in total. The number of carbonyl (C=O) groups excluding carboxylic acids is 1. The summed E-state index contributed by atoms with van der Waals surface area (Å²) >= 11 is 0. The molecule has 0 atom stereocenters. The van der Waals surface area contributed by atoms with Crippen molar-refractivity contribution >= 4 is 5.91 Å². The van der Waals surface area contributed by atoms with Gasteiger partial charge in [-0.25, -0.2) is 0 Å². The Balaban J connectivity index is 1.41. The van der Waals surface area contributed by atoms with E-state index in [-0.39, 0.29) is 5.91 Å². The monoisotopic (exact) mass is 277 g/mol. The molecule has 0 aromatic carbocycles. The van der Waals surface area contributed by atoms with Crippen molar-refractivity contribution in [3.63, 3.8) is 0 Å². The second kappa shape index (κ2) is 5.95. The summed E-state index contributed by atoms with van der Waals surface area (Å²) in [5.74, 6) is 1.50. The second-order valence-corrected chi connectivity index (χ2v) is 6.12. The van der Waals surface area contributed by atoms with Crippen molar-refractivity contribution in [2.75, 3.05) is 13.1 Å². The van der Waals surface area contributed by atoms with Crippen LogP contribution < -0.4 is 5.32 Å². The van der Waals surface area contributed by atoms with Crippen LogP contribution in [0.3, 0.4) is 0 Å². The highest BCUT2D eigenvalue weighted by Crippen LogP contribution is 2.26. The van der Waals surface area contributed by atoms with Crippen LogP contribution in [0, 0.1) is 12.8 Å². The number of aromatic nitrogens is 1.